The van der Waals surface area contributed by atoms with Crippen LogP contribution in [-0.4, -0.2) is 19.4 Å². The highest BCUT2D eigenvalue weighted by Crippen LogP contribution is 2.31. The predicted octanol–water partition coefficient (Wildman–Crippen LogP) is 2.25. The van der Waals surface area contributed by atoms with Crippen molar-refractivity contribution in [3.8, 4) is 5.75 Å². The fourth-order valence-electron chi connectivity index (χ4n) is 1.20. The van der Waals surface area contributed by atoms with E-state index < -0.39 is 0 Å². The monoisotopic (exact) mass is 209 g/mol. The molecule has 0 aliphatic rings. The van der Waals surface area contributed by atoms with Gasteiger partial charge in [0.25, 0.3) is 0 Å². The van der Waals surface area contributed by atoms with Gasteiger partial charge in [-0.2, -0.15) is 0 Å². The average Bonchev–Trinajstić information content (AvgIpc) is 2.25. The first-order valence-corrected chi connectivity index (χ1v) is 5.29. The van der Waals surface area contributed by atoms with Crippen LogP contribution in [0.3, 0.4) is 0 Å². The largest absolute Gasteiger partial charge is 0.496 e. The van der Waals surface area contributed by atoms with E-state index in [1.165, 1.54) is 6.08 Å². The summed E-state index contributed by atoms with van der Waals surface area (Å²) in [6.45, 7) is 0.358. The molecule has 3 nitrogen and oxygen atoms in total. The lowest BCUT2D eigenvalue weighted by Crippen LogP contribution is -1.91. The summed E-state index contributed by atoms with van der Waals surface area (Å²) < 4.78 is 5.20. The van der Waals surface area contributed by atoms with Crippen molar-refractivity contribution in [3.05, 3.63) is 23.8 Å². The Labute approximate surface area is 87.2 Å². The molecule has 14 heavy (non-hydrogen) atoms. The van der Waals surface area contributed by atoms with E-state index in [2.05, 4.69) is 4.99 Å². The Morgan fingerprint density at radius 2 is 2.36 bits per heavy atom. The SMILES string of the molecule is COc1cccc(CN=C=O)c1SC. The normalized spacial score (nSPS) is 9.29. The second-order valence-corrected chi connectivity index (χ2v) is 3.38. The van der Waals surface area contributed by atoms with E-state index in [9.17, 15) is 4.79 Å². The fraction of sp³-hybridized carbons (Fsp3) is 0.300. The molecule has 0 spiro atoms. The molecule has 1 aromatic rings. The van der Waals surface area contributed by atoms with Gasteiger partial charge in [-0.1, -0.05) is 12.1 Å². The number of thioether (sulfide) groups is 1. The number of carbonyl (C=O) groups excluding carboxylic acids is 1. The number of hydrogen-bond acceptors (Lipinski definition) is 4. The smallest absolute Gasteiger partial charge is 0.235 e. The quantitative estimate of drug-likeness (QED) is 0.433. The Morgan fingerprint density at radius 3 is 2.93 bits per heavy atom. The Hall–Kier alpha value is -1.25. The van der Waals surface area contributed by atoms with Gasteiger partial charge in [-0.05, 0) is 17.9 Å². The summed E-state index contributed by atoms with van der Waals surface area (Å²) in [5.74, 6) is 0.816. The Bertz CT molecular complexity index is 359. The lowest BCUT2D eigenvalue weighted by molar-refractivity contribution is 0.404. The molecule has 0 fully saturated rings. The van der Waals surface area contributed by atoms with Gasteiger partial charge in [0.05, 0.1) is 18.6 Å². The van der Waals surface area contributed by atoms with Gasteiger partial charge in [0.15, 0.2) is 0 Å². The number of benzene rings is 1. The molecule has 0 atom stereocenters. The molecule has 0 saturated carbocycles. The third-order valence-electron chi connectivity index (χ3n) is 1.80. The van der Waals surface area contributed by atoms with Crippen molar-refractivity contribution in [2.45, 2.75) is 11.4 Å². The Balaban J connectivity index is 3.07. The summed E-state index contributed by atoms with van der Waals surface area (Å²) >= 11 is 1.58. The first kappa shape index (κ1) is 10.8. The van der Waals surface area contributed by atoms with Crippen LogP contribution < -0.4 is 4.74 Å². The lowest BCUT2D eigenvalue weighted by atomic mass is 10.2. The lowest BCUT2D eigenvalue weighted by Gasteiger charge is -2.09. The minimum absolute atomic E-state index is 0.358. The van der Waals surface area contributed by atoms with Gasteiger partial charge in [-0.3, -0.25) is 0 Å². The summed E-state index contributed by atoms with van der Waals surface area (Å²) in [4.78, 5) is 14.6. The molecule has 0 aliphatic heterocycles. The van der Waals surface area contributed by atoms with Crippen LogP contribution in [0, 0.1) is 0 Å². The van der Waals surface area contributed by atoms with Gasteiger partial charge < -0.3 is 4.74 Å². The van der Waals surface area contributed by atoms with Crippen LogP contribution in [0.1, 0.15) is 5.56 Å². The molecule has 0 N–H and O–H groups in total. The zero-order chi connectivity index (χ0) is 10.4. The zero-order valence-electron chi connectivity index (χ0n) is 8.11. The van der Waals surface area contributed by atoms with E-state index in [1.54, 1.807) is 18.9 Å². The molecule has 0 aromatic heterocycles. The van der Waals surface area contributed by atoms with Gasteiger partial charge in [0.2, 0.25) is 6.08 Å². The summed E-state index contributed by atoms with van der Waals surface area (Å²) in [6, 6.07) is 5.70. The van der Waals surface area contributed by atoms with Crippen molar-refractivity contribution in [2.24, 2.45) is 4.99 Å². The van der Waals surface area contributed by atoms with Crippen LogP contribution >= 0.6 is 11.8 Å². The first-order chi connectivity index (χ1) is 6.83. The van der Waals surface area contributed by atoms with Gasteiger partial charge in [0, 0.05) is 0 Å². The van der Waals surface area contributed by atoms with Crippen molar-refractivity contribution in [3.63, 3.8) is 0 Å². The molecule has 4 heteroatoms. The highest BCUT2D eigenvalue weighted by Gasteiger charge is 2.06. The minimum atomic E-state index is 0.358. The summed E-state index contributed by atoms with van der Waals surface area (Å²) in [5.41, 5.74) is 0.986. The van der Waals surface area contributed by atoms with Crippen molar-refractivity contribution in [1.82, 2.24) is 0 Å². The molecular formula is C10H11NO2S. The molecule has 74 valence electrons. The summed E-state index contributed by atoms with van der Waals surface area (Å²) in [7, 11) is 1.63. The standard InChI is InChI=1S/C10H11NO2S/c1-13-9-5-3-4-8(6-11-7-12)10(9)14-2/h3-5H,6H2,1-2H3. The second-order valence-electron chi connectivity index (χ2n) is 2.56. The molecule has 1 rings (SSSR count). The van der Waals surface area contributed by atoms with Gasteiger partial charge in [-0.15, -0.1) is 11.8 Å². The van der Waals surface area contributed by atoms with Gasteiger partial charge in [0.1, 0.15) is 5.75 Å². The van der Waals surface area contributed by atoms with Crippen LogP contribution in [0.25, 0.3) is 0 Å². The van der Waals surface area contributed by atoms with Crippen LogP contribution in [0.5, 0.6) is 5.75 Å². The van der Waals surface area contributed by atoms with Crippen molar-refractivity contribution < 1.29 is 9.53 Å². The molecule has 0 radical (unpaired) electrons. The van der Waals surface area contributed by atoms with Crippen molar-refractivity contribution in [1.29, 1.82) is 0 Å². The number of rotatable bonds is 4. The van der Waals surface area contributed by atoms with Crippen molar-refractivity contribution in [2.75, 3.05) is 13.4 Å². The maximum absolute atomic E-state index is 10.0. The van der Waals surface area contributed by atoms with E-state index in [1.807, 2.05) is 24.5 Å². The third kappa shape index (κ3) is 2.37. The Kier molecular flexibility index (Phi) is 4.23. The average molecular weight is 209 g/mol. The van der Waals surface area contributed by atoms with Gasteiger partial charge in [-0.25, -0.2) is 9.79 Å². The summed E-state index contributed by atoms with van der Waals surface area (Å²) in [5, 5.41) is 0. The molecule has 1 aromatic carbocycles. The number of aliphatic imine (C=N–C) groups is 1. The second kappa shape index (κ2) is 5.47. The van der Waals surface area contributed by atoms with E-state index in [-0.39, 0.29) is 0 Å². The molecule has 0 saturated heterocycles. The summed E-state index contributed by atoms with van der Waals surface area (Å²) in [6.07, 6.45) is 3.49. The van der Waals surface area contributed by atoms with Crippen molar-refractivity contribution >= 4 is 17.8 Å². The molecule has 0 unspecified atom stereocenters. The topological polar surface area (TPSA) is 38.7 Å². The molecule has 0 bridgehead atoms. The number of hydrogen-bond donors (Lipinski definition) is 0. The highest BCUT2D eigenvalue weighted by atomic mass is 32.2. The predicted molar refractivity (Wildman–Crippen MR) is 56.6 cm³/mol. The number of nitrogens with zero attached hydrogens (tertiary/aromatic N) is 1. The fourth-order valence-corrected chi connectivity index (χ4v) is 1.94. The number of methoxy groups -OCH3 is 1. The maximum Gasteiger partial charge on any atom is 0.235 e. The van der Waals surface area contributed by atoms with Crippen LogP contribution in [0.4, 0.5) is 0 Å². The van der Waals surface area contributed by atoms with Crippen LogP contribution in [0.2, 0.25) is 0 Å². The minimum Gasteiger partial charge on any atom is -0.496 e. The van der Waals surface area contributed by atoms with Crippen LogP contribution in [-0.2, 0) is 11.3 Å². The maximum atomic E-state index is 10.0. The molecule has 0 aliphatic carbocycles. The zero-order valence-corrected chi connectivity index (χ0v) is 8.93. The highest BCUT2D eigenvalue weighted by molar-refractivity contribution is 7.98. The van der Waals surface area contributed by atoms with Crippen LogP contribution in [0.15, 0.2) is 28.1 Å². The molecular weight excluding hydrogens is 198 g/mol. The third-order valence-corrected chi connectivity index (χ3v) is 2.67. The first-order valence-electron chi connectivity index (χ1n) is 4.07. The number of isocyanates is 1. The van der Waals surface area contributed by atoms with Gasteiger partial charge >= 0.3 is 0 Å². The van der Waals surface area contributed by atoms with E-state index in [4.69, 9.17) is 4.74 Å². The number of ether oxygens (including phenoxy) is 1. The molecule has 0 amide bonds. The van der Waals surface area contributed by atoms with E-state index in [0.29, 0.717) is 6.54 Å². The van der Waals surface area contributed by atoms with E-state index in [0.717, 1.165) is 16.2 Å². The molecule has 0 heterocycles. The Morgan fingerprint density at radius 1 is 1.57 bits per heavy atom. The van der Waals surface area contributed by atoms with E-state index >= 15 is 0 Å².